The molecule has 6 nitrogen and oxygen atoms in total. The molecule has 3 aromatic rings. The number of fused-ring (bicyclic) bond motifs is 1. The molecule has 1 aliphatic rings. The highest BCUT2D eigenvalue weighted by Crippen LogP contribution is 2.33. The maximum absolute atomic E-state index is 12.7. The van der Waals surface area contributed by atoms with Crippen LogP contribution in [0, 0.1) is 0 Å². The lowest BCUT2D eigenvalue weighted by Crippen LogP contribution is -3.13. The van der Waals surface area contributed by atoms with Crippen molar-refractivity contribution >= 4 is 38.8 Å². The number of allylic oxidation sites excluding steroid dienone is 1. The number of quaternary nitrogens is 1. The summed E-state index contributed by atoms with van der Waals surface area (Å²) < 4.78 is 0. The molecule has 8 heteroatoms. The molecule has 1 amide bonds. The number of carbonyl (C=O) groups is 1. The molecule has 1 fully saturated rings. The summed E-state index contributed by atoms with van der Waals surface area (Å²) in [5, 5.41) is 4.71. The lowest BCUT2D eigenvalue weighted by atomic mass is 10.2. The van der Waals surface area contributed by atoms with Crippen molar-refractivity contribution in [2.24, 2.45) is 0 Å². The molecule has 3 aromatic heterocycles. The monoisotopic (exact) mass is 401 g/mol. The Bertz CT molecular complexity index is 1030. The summed E-state index contributed by atoms with van der Waals surface area (Å²) in [6, 6.07) is 4.02. The topological polar surface area (TPSA) is 70.5 Å². The van der Waals surface area contributed by atoms with E-state index in [4.69, 9.17) is 4.98 Å². The van der Waals surface area contributed by atoms with Crippen molar-refractivity contribution in [2.45, 2.75) is 13.5 Å². The Kier molecular flexibility index (Phi) is 5.20. The van der Waals surface area contributed by atoms with Crippen molar-refractivity contribution < 1.29 is 9.69 Å². The molecular formula is C19H21N4O2S2+. The zero-order chi connectivity index (χ0) is 18.8. The first kappa shape index (κ1) is 18.1. The number of nitrogens with one attached hydrogen (secondary N) is 2. The molecule has 0 aliphatic carbocycles. The van der Waals surface area contributed by atoms with Gasteiger partial charge in [-0.05, 0) is 24.4 Å². The van der Waals surface area contributed by atoms with Gasteiger partial charge in [0.2, 0.25) is 5.91 Å². The molecule has 1 saturated heterocycles. The number of rotatable bonds is 4. The van der Waals surface area contributed by atoms with E-state index in [1.807, 2.05) is 34.7 Å². The van der Waals surface area contributed by atoms with E-state index in [-0.39, 0.29) is 11.5 Å². The zero-order valence-electron chi connectivity index (χ0n) is 15.0. The van der Waals surface area contributed by atoms with Gasteiger partial charge in [0.25, 0.3) is 5.56 Å². The summed E-state index contributed by atoms with van der Waals surface area (Å²) >= 11 is 3.15. The minimum atomic E-state index is -0.0686. The number of hydrogen-bond donors (Lipinski definition) is 2. The van der Waals surface area contributed by atoms with E-state index in [2.05, 4.69) is 4.98 Å². The second kappa shape index (κ2) is 7.75. The molecule has 0 aromatic carbocycles. The van der Waals surface area contributed by atoms with Gasteiger partial charge in [-0.15, -0.1) is 22.7 Å². The Balaban J connectivity index is 1.49. The van der Waals surface area contributed by atoms with Crippen molar-refractivity contribution in [1.82, 2.24) is 14.9 Å². The van der Waals surface area contributed by atoms with Crippen LogP contribution < -0.4 is 10.5 Å². The Labute approximate surface area is 164 Å². The molecule has 0 unspecified atom stereocenters. The summed E-state index contributed by atoms with van der Waals surface area (Å²) in [4.78, 5) is 37.4. The first-order valence-corrected chi connectivity index (χ1v) is 10.7. The first-order valence-electron chi connectivity index (χ1n) is 8.95. The van der Waals surface area contributed by atoms with Gasteiger partial charge in [-0.1, -0.05) is 12.1 Å². The van der Waals surface area contributed by atoms with Crippen molar-refractivity contribution in [1.29, 1.82) is 0 Å². The molecule has 0 atom stereocenters. The average Bonchev–Trinajstić information content (AvgIpc) is 3.32. The number of carbonyl (C=O) groups excluding carboxylic acids is 1. The minimum Gasteiger partial charge on any atom is -0.328 e. The average molecular weight is 402 g/mol. The first-order chi connectivity index (χ1) is 13.2. The van der Waals surface area contributed by atoms with E-state index in [0.717, 1.165) is 47.3 Å². The number of nitrogens with zero attached hydrogens (tertiary/aromatic N) is 2. The Morgan fingerprint density at radius 3 is 2.89 bits per heavy atom. The van der Waals surface area contributed by atoms with Crippen LogP contribution in [0.4, 0.5) is 0 Å². The van der Waals surface area contributed by atoms with Crippen LogP contribution in [0.3, 0.4) is 0 Å². The van der Waals surface area contributed by atoms with E-state index in [1.54, 1.807) is 23.5 Å². The zero-order valence-corrected chi connectivity index (χ0v) is 16.7. The van der Waals surface area contributed by atoms with E-state index < -0.39 is 0 Å². The van der Waals surface area contributed by atoms with Gasteiger partial charge in [0.1, 0.15) is 11.4 Å². The van der Waals surface area contributed by atoms with Gasteiger partial charge in [0.15, 0.2) is 5.82 Å². The van der Waals surface area contributed by atoms with E-state index >= 15 is 0 Å². The van der Waals surface area contributed by atoms with Crippen molar-refractivity contribution in [3.63, 3.8) is 0 Å². The second-order valence-electron chi connectivity index (χ2n) is 6.57. The van der Waals surface area contributed by atoms with E-state index in [9.17, 15) is 9.59 Å². The minimum absolute atomic E-state index is 0.0686. The number of aromatic nitrogens is 2. The van der Waals surface area contributed by atoms with Crippen LogP contribution in [0.1, 0.15) is 12.7 Å². The number of hydrogen-bond acceptors (Lipinski definition) is 5. The number of thiophene rings is 2. The predicted molar refractivity (Wildman–Crippen MR) is 109 cm³/mol. The van der Waals surface area contributed by atoms with E-state index in [0.29, 0.717) is 11.9 Å². The fraction of sp³-hybridized carbons (Fsp3) is 0.316. The number of piperazine rings is 1. The third-order valence-electron chi connectivity index (χ3n) is 4.79. The third-order valence-corrected chi connectivity index (χ3v) is 6.56. The van der Waals surface area contributed by atoms with Crippen molar-refractivity contribution in [3.8, 4) is 10.4 Å². The Morgan fingerprint density at radius 1 is 1.37 bits per heavy atom. The maximum Gasteiger partial charge on any atom is 0.260 e. The summed E-state index contributed by atoms with van der Waals surface area (Å²) in [5.74, 6) is 0.791. The van der Waals surface area contributed by atoms with Crippen LogP contribution in [-0.4, -0.2) is 47.0 Å². The van der Waals surface area contributed by atoms with E-state index in [1.165, 1.54) is 16.2 Å². The van der Waals surface area contributed by atoms with Gasteiger partial charge in [-0.3, -0.25) is 9.59 Å². The van der Waals surface area contributed by atoms with Crippen LogP contribution in [0.5, 0.6) is 0 Å². The molecule has 4 rings (SSSR count). The van der Waals surface area contributed by atoms with Gasteiger partial charge in [0.05, 0.1) is 31.6 Å². The van der Waals surface area contributed by atoms with Crippen molar-refractivity contribution in [3.05, 3.63) is 51.2 Å². The predicted octanol–water partition coefficient (Wildman–Crippen LogP) is 1.52. The molecule has 0 radical (unpaired) electrons. The van der Waals surface area contributed by atoms with Gasteiger partial charge >= 0.3 is 0 Å². The highest BCUT2D eigenvalue weighted by atomic mass is 32.1. The lowest BCUT2D eigenvalue weighted by molar-refractivity contribution is -0.918. The van der Waals surface area contributed by atoms with Gasteiger partial charge < -0.3 is 14.8 Å². The fourth-order valence-corrected chi connectivity index (χ4v) is 5.18. The van der Waals surface area contributed by atoms with Gasteiger partial charge in [0, 0.05) is 15.8 Å². The molecule has 0 bridgehead atoms. The molecule has 0 saturated carbocycles. The van der Waals surface area contributed by atoms with Crippen LogP contribution >= 0.6 is 22.7 Å². The SMILES string of the molecule is C/C=C/C(=O)N1CC[NH+](Cc2nc3scc(-c4cccs4)c3c(=O)[nH]2)CC1. The molecular weight excluding hydrogens is 380 g/mol. The lowest BCUT2D eigenvalue weighted by Gasteiger charge is -2.31. The molecule has 1 aliphatic heterocycles. The third kappa shape index (κ3) is 3.73. The van der Waals surface area contributed by atoms with Crippen LogP contribution in [0.25, 0.3) is 20.7 Å². The highest BCUT2D eigenvalue weighted by molar-refractivity contribution is 7.18. The number of H-pyrrole nitrogens is 1. The van der Waals surface area contributed by atoms with Crippen LogP contribution in [0.2, 0.25) is 0 Å². The Hall–Kier alpha value is -2.29. The standard InChI is InChI=1S/C19H20N4O2S2/c1-2-4-16(24)23-8-6-22(7-9-23)11-15-20-18(25)17-13(12-27-19(17)21-15)14-5-3-10-26-14/h2-5,10,12H,6-9,11H2,1H3,(H,20,21,25)/p+1/b4-2+. The second-order valence-corrected chi connectivity index (χ2v) is 8.38. The van der Waals surface area contributed by atoms with Crippen LogP contribution in [-0.2, 0) is 11.3 Å². The maximum atomic E-state index is 12.7. The summed E-state index contributed by atoms with van der Waals surface area (Å²) in [7, 11) is 0. The van der Waals surface area contributed by atoms with Gasteiger partial charge in [-0.2, -0.15) is 0 Å². The number of aromatic amines is 1. The molecule has 4 heterocycles. The quantitative estimate of drug-likeness (QED) is 0.651. The number of amides is 1. The molecule has 2 N–H and O–H groups in total. The van der Waals surface area contributed by atoms with Crippen molar-refractivity contribution in [2.75, 3.05) is 26.2 Å². The van der Waals surface area contributed by atoms with Crippen LogP contribution in [0.15, 0.2) is 39.8 Å². The van der Waals surface area contributed by atoms with Gasteiger partial charge in [-0.25, -0.2) is 4.98 Å². The molecule has 27 heavy (non-hydrogen) atoms. The summed E-state index contributed by atoms with van der Waals surface area (Å²) in [6.45, 7) is 5.69. The largest absolute Gasteiger partial charge is 0.328 e. The smallest absolute Gasteiger partial charge is 0.260 e. The molecule has 140 valence electrons. The molecule has 0 spiro atoms. The fourth-order valence-electron chi connectivity index (χ4n) is 3.40. The summed E-state index contributed by atoms with van der Waals surface area (Å²) in [5.41, 5.74) is 0.898. The normalized spacial score (nSPS) is 15.8. The highest BCUT2D eigenvalue weighted by Gasteiger charge is 2.23. The summed E-state index contributed by atoms with van der Waals surface area (Å²) in [6.07, 6.45) is 3.39. The Morgan fingerprint density at radius 2 is 2.19 bits per heavy atom.